The van der Waals surface area contributed by atoms with Crippen LogP contribution in [0.3, 0.4) is 0 Å². The molecule has 2 aromatic carbocycles. The third-order valence-corrected chi connectivity index (χ3v) is 5.25. The lowest BCUT2D eigenvalue weighted by atomic mass is 10.1. The number of esters is 1. The number of nitrogens with one attached hydrogen (secondary N) is 1. The molecule has 3 rings (SSSR count). The van der Waals surface area contributed by atoms with Crippen LogP contribution >= 0.6 is 0 Å². The van der Waals surface area contributed by atoms with Crippen molar-refractivity contribution in [1.29, 1.82) is 0 Å². The molecular weight excluding hydrogens is 390 g/mol. The van der Waals surface area contributed by atoms with Crippen LogP contribution in [0.15, 0.2) is 54.6 Å². The van der Waals surface area contributed by atoms with Gasteiger partial charge in [-0.25, -0.2) is 4.79 Å². The summed E-state index contributed by atoms with van der Waals surface area (Å²) in [6, 6.07) is 18.1. The number of ether oxygens (including phenoxy) is 1. The summed E-state index contributed by atoms with van der Waals surface area (Å²) in [7, 11) is 0. The molecule has 1 N–H and O–H groups in total. The molecule has 0 spiro atoms. The second-order valence-corrected chi connectivity index (χ2v) is 7.76. The minimum absolute atomic E-state index is 0.313. The molecule has 1 aromatic heterocycles. The highest BCUT2D eigenvalue weighted by molar-refractivity contribution is 5.94. The van der Waals surface area contributed by atoms with E-state index in [2.05, 4.69) is 10.4 Å². The molecule has 1 atom stereocenters. The van der Waals surface area contributed by atoms with E-state index in [1.165, 1.54) is 5.56 Å². The Hall–Kier alpha value is -3.41. The third kappa shape index (κ3) is 5.81. The van der Waals surface area contributed by atoms with Gasteiger partial charge < -0.3 is 10.1 Å². The molecule has 0 bridgehead atoms. The summed E-state index contributed by atoms with van der Waals surface area (Å²) < 4.78 is 7.23. The van der Waals surface area contributed by atoms with Crippen LogP contribution in [-0.4, -0.2) is 34.3 Å². The van der Waals surface area contributed by atoms with Gasteiger partial charge in [0.25, 0.3) is 5.91 Å². The quantitative estimate of drug-likeness (QED) is 0.564. The zero-order chi connectivity index (χ0) is 22.4. The van der Waals surface area contributed by atoms with Crippen LogP contribution in [0, 0.1) is 20.8 Å². The van der Waals surface area contributed by atoms with Crippen LogP contribution in [0.4, 0.5) is 0 Å². The topological polar surface area (TPSA) is 73.2 Å². The highest BCUT2D eigenvalue weighted by Gasteiger charge is 2.24. The highest BCUT2D eigenvalue weighted by Crippen LogP contribution is 2.17. The van der Waals surface area contributed by atoms with Gasteiger partial charge in [-0.3, -0.25) is 9.48 Å². The number of aryl methyl sites for hydroxylation is 2. The Kier molecular flexibility index (Phi) is 7.23. The standard InChI is InChI=1S/C25H29N3O3/c1-17-10-12-22(13-11-17)16-28-19(3)23(18(2)27-28)25(30)31-20(4)24(29)26-15-14-21-8-6-5-7-9-21/h5-13,20H,14-16H2,1-4H3,(H,26,29)/t20-/m1/s1. The molecular formula is C25H29N3O3. The molecule has 0 unspecified atom stereocenters. The van der Waals surface area contributed by atoms with Crippen LogP contribution in [0.2, 0.25) is 0 Å². The van der Waals surface area contributed by atoms with E-state index < -0.39 is 12.1 Å². The van der Waals surface area contributed by atoms with Gasteiger partial charge in [0.2, 0.25) is 0 Å². The number of amides is 1. The molecule has 0 fully saturated rings. The molecule has 31 heavy (non-hydrogen) atoms. The molecule has 0 aliphatic carbocycles. The number of hydrogen-bond acceptors (Lipinski definition) is 4. The smallest absolute Gasteiger partial charge is 0.342 e. The summed E-state index contributed by atoms with van der Waals surface area (Å²) in [5.41, 5.74) is 5.15. The number of carbonyl (C=O) groups excluding carboxylic acids is 2. The van der Waals surface area contributed by atoms with Gasteiger partial charge >= 0.3 is 5.97 Å². The van der Waals surface area contributed by atoms with Gasteiger partial charge in [0.1, 0.15) is 5.56 Å². The first-order chi connectivity index (χ1) is 14.8. The second kappa shape index (κ2) is 10.1. The van der Waals surface area contributed by atoms with Gasteiger partial charge in [-0.2, -0.15) is 5.10 Å². The normalized spacial score (nSPS) is 11.7. The van der Waals surface area contributed by atoms with E-state index >= 15 is 0 Å². The number of hydrogen-bond donors (Lipinski definition) is 1. The highest BCUT2D eigenvalue weighted by atomic mass is 16.5. The van der Waals surface area contributed by atoms with E-state index in [0.29, 0.717) is 24.3 Å². The molecule has 0 saturated heterocycles. The van der Waals surface area contributed by atoms with Crippen molar-refractivity contribution in [3.63, 3.8) is 0 Å². The van der Waals surface area contributed by atoms with Crippen molar-refractivity contribution in [2.75, 3.05) is 6.54 Å². The lowest BCUT2D eigenvalue weighted by molar-refractivity contribution is -0.129. The summed E-state index contributed by atoms with van der Waals surface area (Å²) >= 11 is 0. The van der Waals surface area contributed by atoms with Crippen molar-refractivity contribution < 1.29 is 14.3 Å². The Balaban J connectivity index is 1.58. The Morgan fingerprint density at radius 1 is 1.00 bits per heavy atom. The molecule has 6 heteroatoms. The van der Waals surface area contributed by atoms with Crippen molar-refractivity contribution in [2.45, 2.75) is 46.8 Å². The maximum Gasteiger partial charge on any atom is 0.342 e. The SMILES string of the molecule is Cc1ccc(Cn2nc(C)c(C(=O)O[C@H](C)C(=O)NCCc3ccccc3)c2C)cc1. The second-order valence-electron chi connectivity index (χ2n) is 7.76. The predicted molar refractivity (Wildman–Crippen MR) is 120 cm³/mol. The fourth-order valence-corrected chi connectivity index (χ4v) is 3.40. The number of rotatable bonds is 8. The Morgan fingerprint density at radius 3 is 2.35 bits per heavy atom. The van der Waals surface area contributed by atoms with Gasteiger partial charge in [-0.15, -0.1) is 0 Å². The van der Waals surface area contributed by atoms with E-state index in [9.17, 15) is 9.59 Å². The van der Waals surface area contributed by atoms with E-state index in [0.717, 1.165) is 23.2 Å². The average Bonchev–Trinajstić information content (AvgIpc) is 3.03. The van der Waals surface area contributed by atoms with Gasteiger partial charge in [-0.1, -0.05) is 60.2 Å². The fourth-order valence-electron chi connectivity index (χ4n) is 3.40. The van der Waals surface area contributed by atoms with E-state index in [-0.39, 0.29) is 5.91 Å². The lowest BCUT2D eigenvalue weighted by Crippen LogP contribution is -2.37. The Morgan fingerprint density at radius 2 is 1.68 bits per heavy atom. The molecule has 0 saturated carbocycles. The fraction of sp³-hybridized carbons (Fsp3) is 0.320. The lowest BCUT2D eigenvalue weighted by Gasteiger charge is -2.14. The van der Waals surface area contributed by atoms with E-state index in [4.69, 9.17) is 4.74 Å². The van der Waals surface area contributed by atoms with E-state index in [1.54, 1.807) is 18.5 Å². The van der Waals surface area contributed by atoms with Gasteiger partial charge in [0.15, 0.2) is 6.10 Å². The number of benzene rings is 2. The van der Waals surface area contributed by atoms with Gasteiger partial charge in [0, 0.05) is 6.54 Å². The van der Waals surface area contributed by atoms with Crippen LogP contribution in [0.1, 0.15) is 45.4 Å². The molecule has 3 aromatic rings. The summed E-state index contributed by atoms with van der Waals surface area (Å²) in [6.07, 6.45) is -0.167. The van der Waals surface area contributed by atoms with Crippen LogP contribution in [-0.2, 0) is 22.5 Å². The van der Waals surface area contributed by atoms with Crippen molar-refractivity contribution in [3.05, 3.63) is 88.2 Å². The van der Waals surface area contributed by atoms with Crippen LogP contribution < -0.4 is 5.32 Å². The Bertz CT molecular complexity index is 1040. The summed E-state index contributed by atoms with van der Waals surface area (Å²) in [6.45, 7) is 8.29. The molecule has 162 valence electrons. The minimum Gasteiger partial charge on any atom is -0.449 e. The number of aromatic nitrogens is 2. The summed E-state index contributed by atoms with van der Waals surface area (Å²) in [5.74, 6) is -0.845. The van der Waals surface area contributed by atoms with Crippen molar-refractivity contribution in [3.8, 4) is 0 Å². The molecule has 6 nitrogen and oxygen atoms in total. The van der Waals surface area contributed by atoms with Crippen LogP contribution in [0.5, 0.6) is 0 Å². The first-order valence-electron chi connectivity index (χ1n) is 10.5. The summed E-state index contributed by atoms with van der Waals surface area (Å²) in [4.78, 5) is 25.1. The maximum absolute atomic E-state index is 12.8. The van der Waals surface area contributed by atoms with Crippen molar-refractivity contribution >= 4 is 11.9 Å². The van der Waals surface area contributed by atoms with Crippen molar-refractivity contribution in [2.24, 2.45) is 0 Å². The number of nitrogens with zero attached hydrogens (tertiary/aromatic N) is 2. The number of carbonyl (C=O) groups is 2. The van der Waals surface area contributed by atoms with Gasteiger partial charge in [0.05, 0.1) is 17.9 Å². The van der Waals surface area contributed by atoms with Crippen molar-refractivity contribution in [1.82, 2.24) is 15.1 Å². The van der Waals surface area contributed by atoms with E-state index in [1.807, 2.05) is 68.4 Å². The molecule has 0 radical (unpaired) electrons. The maximum atomic E-state index is 12.8. The molecule has 1 amide bonds. The minimum atomic E-state index is -0.887. The first-order valence-corrected chi connectivity index (χ1v) is 10.5. The zero-order valence-electron chi connectivity index (χ0n) is 18.5. The molecule has 0 aliphatic heterocycles. The zero-order valence-corrected chi connectivity index (χ0v) is 18.5. The first kappa shape index (κ1) is 22.3. The molecule has 1 heterocycles. The summed E-state index contributed by atoms with van der Waals surface area (Å²) in [5, 5.41) is 7.32. The largest absolute Gasteiger partial charge is 0.449 e. The molecule has 0 aliphatic rings. The third-order valence-electron chi connectivity index (χ3n) is 5.25. The Labute approximate surface area is 183 Å². The van der Waals surface area contributed by atoms with Crippen LogP contribution in [0.25, 0.3) is 0 Å². The van der Waals surface area contributed by atoms with Gasteiger partial charge in [-0.05, 0) is 45.2 Å². The average molecular weight is 420 g/mol. The predicted octanol–water partition coefficient (Wildman–Crippen LogP) is 3.76. The monoisotopic (exact) mass is 419 g/mol.